The number of carbonyl (C=O) groups is 1. The van der Waals surface area contributed by atoms with Crippen molar-refractivity contribution in [3.8, 4) is 10.6 Å². The van der Waals surface area contributed by atoms with E-state index in [4.69, 9.17) is 11.6 Å². The predicted molar refractivity (Wildman–Crippen MR) is 112 cm³/mol. The average Bonchev–Trinajstić information content (AvgIpc) is 3.06. The lowest BCUT2D eigenvalue weighted by atomic mass is 10.2. The van der Waals surface area contributed by atoms with Gasteiger partial charge in [-0.1, -0.05) is 29.8 Å². The number of anilines is 1. The van der Waals surface area contributed by atoms with Crippen molar-refractivity contribution in [1.29, 1.82) is 0 Å². The van der Waals surface area contributed by atoms with Gasteiger partial charge in [-0.25, -0.2) is 9.37 Å². The normalized spacial score (nSPS) is 14.8. The summed E-state index contributed by atoms with van der Waals surface area (Å²) in [5, 5.41) is 3.17. The van der Waals surface area contributed by atoms with Crippen LogP contribution in [0.4, 0.5) is 10.1 Å². The number of rotatable bonds is 3. The third-order valence-electron chi connectivity index (χ3n) is 4.80. The molecule has 2 heterocycles. The van der Waals surface area contributed by atoms with Crippen LogP contribution in [0, 0.1) is 5.82 Å². The lowest BCUT2D eigenvalue weighted by Gasteiger charge is -2.23. The lowest BCUT2D eigenvalue weighted by molar-refractivity contribution is 0.0762. The van der Waals surface area contributed by atoms with Gasteiger partial charge in [-0.15, -0.1) is 11.3 Å². The maximum Gasteiger partial charge on any atom is 0.273 e. The number of amides is 1. The van der Waals surface area contributed by atoms with Crippen molar-refractivity contribution < 1.29 is 9.18 Å². The molecule has 1 amide bonds. The van der Waals surface area contributed by atoms with Gasteiger partial charge in [0.25, 0.3) is 5.91 Å². The Bertz CT molecular complexity index is 976. The molecule has 1 aliphatic heterocycles. The van der Waals surface area contributed by atoms with Crippen LogP contribution in [0.1, 0.15) is 16.9 Å². The summed E-state index contributed by atoms with van der Waals surface area (Å²) in [6.45, 7) is 2.82. The highest BCUT2D eigenvalue weighted by Crippen LogP contribution is 2.30. The van der Waals surface area contributed by atoms with Crippen LogP contribution in [-0.2, 0) is 0 Å². The molecule has 0 N–H and O–H groups in total. The number of hydrogen-bond donors (Lipinski definition) is 0. The van der Waals surface area contributed by atoms with E-state index in [0.29, 0.717) is 30.4 Å². The first-order valence-electron chi connectivity index (χ1n) is 9.12. The zero-order valence-electron chi connectivity index (χ0n) is 15.1. The van der Waals surface area contributed by atoms with Crippen LogP contribution in [0.15, 0.2) is 53.9 Å². The smallest absolute Gasteiger partial charge is 0.273 e. The summed E-state index contributed by atoms with van der Waals surface area (Å²) in [6, 6.07) is 14.0. The van der Waals surface area contributed by atoms with E-state index < -0.39 is 0 Å². The minimum atomic E-state index is -0.242. The molecule has 1 aromatic heterocycles. The van der Waals surface area contributed by atoms with Gasteiger partial charge in [-0.05, 0) is 36.8 Å². The SMILES string of the molecule is O=C(c1csc(-c2ccccc2Cl)n1)N1CCCN(c2ccc(F)cc2)CC1. The quantitative estimate of drug-likeness (QED) is 0.607. The lowest BCUT2D eigenvalue weighted by Crippen LogP contribution is -2.35. The Hall–Kier alpha value is -2.44. The zero-order chi connectivity index (χ0) is 19.5. The molecule has 0 saturated carbocycles. The number of benzene rings is 2. The van der Waals surface area contributed by atoms with Crippen LogP contribution in [0.2, 0.25) is 5.02 Å². The Morgan fingerprint density at radius 2 is 1.82 bits per heavy atom. The van der Waals surface area contributed by atoms with Crippen molar-refractivity contribution in [2.45, 2.75) is 6.42 Å². The molecule has 0 unspecified atom stereocenters. The van der Waals surface area contributed by atoms with Gasteiger partial charge < -0.3 is 9.80 Å². The summed E-state index contributed by atoms with van der Waals surface area (Å²) in [4.78, 5) is 21.5. The summed E-state index contributed by atoms with van der Waals surface area (Å²) in [5.41, 5.74) is 2.27. The molecule has 0 atom stereocenters. The van der Waals surface area contributed by atoms with Crippen molar-refractivity contribution in [3.63, 3.8) is 0 Å². The second-order valence-corrected chi connectivity index (χ2v) is 7.89. The first-order valence-corrected chi connectivity index (χ1v) is 10.4. The summed E-state index contributed by atoms with van der Waals surface area (Å²) in [5.74, 6) is -0.302. The van der Waals surface area contributed by atoms with E-state index in [-0.39, 0.29) is 11.7 Å². The van der Waals surface area contributed by atoms with E-state index in [1.165, 1.54) is 23.5 Å². The van der Waals surface area contributed by atoms with Crippen LogP contribution in [0.3, 0.4) is 0 Å². The number of nitrogens with zero attached hydrogens (tertiary/aromatic N) is 3. The maximum absolute atomic E-state index is 13.2. The topological polar surface area (TPSA) is 36.4 Å². The summed E-state index contributed by atoms with van der Waals surface area (Å²) < 4.78 is 13.2. The van der Waals surface area contributed by atoms with Crippen molar-refractivity contribution in [2.24, 2.45) is 0 Å². The zero-order valence-corrected chi connectivity index (χ0v) is 16.7. The monoisotopic (exact) mass is 415 g/mol. The minimum Gasteiger partial charge on any atom is -0.370 e. The number of aromatic nitrogens is 1. The fourth-order valence-electron chi connectivity index (χ4n) is 3.32. The number of carbonyl (C=O) groups excluding carboxylic acids is 1. The van der Waals surface area contributed by atoms with E-state index in [1.54, 1.807) is 17.5 Å². The van der Waals surface area contributed by atoms with Gasteiger partial charge >= 0.3 is 0 Å². The summed E-state index contributed by atoms with van der Waals surface area (Å²) >= 11 is 7.67. The van der Waals surface area contributed by atoms with Crippen molar-refractivity contribution in [1.82, 2.24) is 9.88 Å². The van der Waals surface area contributed by atoms with Gasteiger partial charge in [0.2, 0.25) is 0 Å². The molecule has 1 aliphatic rings. The van der Waals surface area contributed by atoms with Crippen LogP contribution < -0.4 is 4.90 Å². The maximum atomic E-state index is 13.2. The molecule has 0 radical (unpaired) electrons. The highest BCUT2D eigenvalue weighted by molar-refractivity contribution is 7.13. The van der Waals surface area contributed by atoms with Gasteiger partial charge in [0.1, 0.15) is 16.5 Å². The van der Waals surface area contributed by atoms with E-state index in [0.717, 1.165) is 29.2 Å². The highest BCUT2D eigenvalue weighted by atomic mass is 35.5. The van der Waals surface area contributed by atoms with Gasteiger partial charge in [0.05, 0.1) is 5.02 Å². The van der Waals surface area contributed by atoms with Gasteiger partial charge in [0, 0.05) is 42.8 Å². The van der Waals surface area contributed by atoms with Gasteiger partial charge in [0.15, 0.2) is 0 Å². The first kappa shape index (κ1) is 18.9. The highest BCUT2D eigenvalue weighted by Gasteiger charge is 2.23. The second kappa shape index (κ2) is 8.29. The van der Waals surface area contributed by atoms with Crippen LogP contribution >= 0.6 is 22.9 Å². The molecular formula is C21H19ClFN3OS. The Kier molecular flexibility index (Phi) is 5.59. The predicted octanol–water partition coefficient (Wildman–Crippen LogP) is 4.96. The van der Waals surface area contributed by atoms with E-state index in [1.807, 2.05) is 29.2 Å². The van der Waals surface area contributed by atoms with E-state index in [9.17, 15) is 9.18 Å². The first-order chi connectivity index (χ1) is 13.6. The molecule has 2 aromatic carbocycles. The van der Waals surface area contributed by atoms with Crippen LogP contribution in [0.25, 0.3) is 10.6 Å². The van der Waals surface area contributed by atoms with E-state index in [2.05, 4.69) is 9.88 Å². The molecule has 0 bridgehead atoms. The van der Waals surface area contributed by atoms with Gasteiger partial charge in [-0.2, -0.15) is 0 Å². The Balaban J connectivity index is 1.46. The third kappa shape index (κ3) is 4.03. The van der Waals surface area contributed by atoms with Crippen molar-refractivity contribution in [3.05, 3.63) is 70.4 Å². The summed E-state index contributed by atoms with van der Waals surface area (Å²) in [7, 11) is 0. The average molecular weight is 416 g/mol. The Morgan fingerprint density at radius 1 is 1.04 bits per heavy atom. The third-order valence-corrected chi connectivity index (χ3v) is 6.01. The molecule has 4 rings (SSSR count). The molecule has 7 heteroatoms. The molecule has 1 saturated heterocycles. The second-order valence-electron chi connectivity index (χ2n) is 6.63. The fraction of sp³-hybridized carbons (Fsp3) is 0.238. The molecule has 1 fully saturated rings. The Morgan fingerprint density at radius 3 is 2.61 bits per heavy atom. The number of halogens is 2. The van der Waals surface area contributed by atoms with Crippen molar-refractivity contribution >= 4 is 34.5 Å². The molecule has 28 heavy (non-hydrogen) atoms. The van der Waals surface area contributed by atoms with Crippen molar-refractivity contribution in [2.75, 3.05) is 31.1 Å². The van der Waals surface area contributed by atoms with E-state index >= 15 is 0 Å². The molecule has 0 spiro atoms. The molecule has 144 valence electrons. The number of hydrogen-bond acceptors (Lipinski definition) is 4. The van der Waals surface area contributed by atoms with Crippen LogP contribution in [-0.4, -0.2) is 42.0 Å². The number of thiazole rings is 1. The van der Waals surface area contributed by atoms with Crippen LogP contribution in [0.5, 0.6) is 0 Å². The summed E-state index contributed by atoms with van der Waals surface area (Å²) in [6.07, 6.45) is 0.852. The standard InChI is InChI=1S/C21H19ClFN3OS/c22-18-5-2-1-4-17(18)20-24-19(14-28-20)21(27)26-11-3-10-25(12-13-26)16-8-6-15(23)7-9-16/h1-2,4-9,14H,3,10-13H2. The molecular weight excluding hydrogens is 397 g/mol. The molecule has 3 aromatic rings. The largest absolute Gasteiger partial charge is 0.370 e. The Labute approximate surface area is 172 Å². The molecule has 4 nitrogen and oxygen atoms in total. The van der Waals surface area contributed by atoms with Gasteiger partial charge in [-0.3, -0.25) is 4.79 Å². The molecule has 0 aliphatic carbocycles. The minimum absolute atomic E-state index is 0.0597. The fourth-order valence-corrected chi connectivity index (χ4v) is 4.44.